The Kier molecular flexibility index (Phi) is 54.7. The van der Waals surface area contributed by atoms with E-state index in [9.17, 15) is 14.4 Å². The van der Waals surface area contributed by atoms with Gasteiger partial charge in [0.25, 0.3) is 0 Å². The summed E-state index contributed by atoms with van der Waals surface area (Å²) in [5.41, 5.74) is 0. The first-order chi connectivity index (χ1) is 36.5. The Morgan fingerprint density at radius 3 is 1.00 bits per heavy atom. The Labute approximate surface area is 451 Å². The van der Waals surface area contributed by atoms with Crippen LogP contribution in [0.3, 0.4) is 0 Å². The van der Waals surface area contributed by atoms with Crippen molar-refractivity contribution in [3.8, 4) is 0 Å². The second kappa shape index (κ2) is 59.6. The van der Waals surface area contributed by atoms with E-state index in [1.54, 1.807) is 0 Å². The number of esters is 3. The van der Waals surface area contributed by atoms with Gasteiger partial charge in [0.2, 0.25) is 0 Å². The minimum atomic E-state index is -0.875. The number of unbranched alkanes of at least 4 members (excludes halogenated alkanes) is 6. The lowest BCUT2D eigenvalue weighted by Crippen LogP contribution is -2.30. The van der Waals surface area contributed by atoms with Crippen LogP contribution in [0.2, 0.25) is 0 Å². The smallest absolute Gasteiger partial charge is 0.306 e. The first-order valence-electron chi connectivity index (χ1n) is 28.2. The number of carbonyl (C=O) groups is 3. The summed E-state index contributed by atoms with van der Waals surface area (Å²) in [5.74, 6) is -1.17. The number of carbonyl (C=O) groups excluding carboxylic acids is 3. The fraction of sp³-hybridized carbons (Fsp3) is 0.456. The average molecular weight is 1010 g/mol. The number of rotatable bonds is 47. The highest BCUT2D eigenvalue weighted by Gasteiger charge is 2.19. The Hall–Kier alpha value is -6.01. The van der Waals surface area contributed by atoms with Crippen LogP contribution in [0.25, 0.3) is 0 Å². The van der Waals surface area contributed by atoms with Crippen molar-refractivity contribution in [2.24, 2.45) is 0 Å². The molecule has 0 aliphatic rings. The van der Waals surface area contributed by atoms with Crippen molar-refractivity contribution in [2.45, 2.75) is 187 Å². The van der Waals surface area contributed by atoms with Gasteiger partial charge in [-0.2, -0.15) is 0 Å². The van der Waals surface area contributed by atoms with Crippen LogP contribution in [0.4, 0.5) is 0 Å². The quantitative estimate of drug-likeness (QED) is 0.0199. The molecule has 0 aromatic carbocycles. The predicted octanol–water partition coefficient (Wildman–Crippen LogP) is 19.3. The van der Waals surface area contributed by atoms with Crippen molar-refractivity contribution in [1.82, 2.24) is 0 Å². The van der Waals surface area contributed by atoms with E-state index in [1.807, 2.05) is 60.8 Å². The molecule has 1 atom stereocenters. The zero-order chi connectivity index (χ0) is 53.6. The van der Waals surface area contributed by atoms with E-state index in [2.05, 4.69) is 167 Å². The maximum Gasteiger partial charge on any atom is 0.306 e. The second-order valence-electron chi connectivity index (χ2n) is 17.5. The number of hydrogen-bond acceptors (Lipinski definition) is 6. The van der Waals surface area contributed by atoms with Gasteiger partial charge < -0.3 is 14.2 Å². The van der Waals surface area contributed by atoms with Gasteiger partial charge in [0.15, 0.2) is 6.10 Å². The zero-order valence-electron chi connectivity index (χ0n) is 46.2. The number of allylic oxidation sites excluding steroid dienone is 34. The average Bonchev–Trinajstić information content (AvgIpc) is 3.40. The molecule has 74 heavy (non-hydrogen) atoms. The zero-order valence-corrected chi connectivity index (χ0v) is 46.2. The van der Waals surface area contributed by atoms with Gasteiger partial charge in [-0.05, 0) is 116 Å². The fourth-order valence-electron chi connectivity index (χ4n) is 6.52. The molecule has 0 aliphatic heterocycles. The minimum Gasteiger partial charge on any atom is -0.462 e. The lowest BCUT2D eigenvalue weighted by molar-refractivity contribution is -0.166. The molecule has 0 rings (SSSR count). The third kappa shape index (κ3) is 56.9. The van der Waals surface area contributed by atoms with Crippen molar-refractivity contribution in [2.75, 3.05) is 13.2 Å². The molecular weight excluding hydrogens is 913 g/mol. The Morgan fingerprint density at radius 1 is 0.297 bits per heavy atom. The standard InChI is InChI=1S/C68H98O6/c1-4-7-10-13-16-19-22-25-28-31-34-37-40-43-46-49-52-55-58-61-67(70)73-64-65(63-72-66(69)60-57-54-51-48-45-42-39-36-33-30-27-24-21-18-15-12-9-6-3)74-68(71)62-59-56-53-50-47-44-41-38-35-32-29-26-23-20-17-14-11-8-5-2/h7-8,10-12,15-21,24-30,33-39,43-44,46-47,52-53,55-56,65H,4-6,9,13-14,22-23,31-32,40-42,45,48-51,54,57-64H2,1-3H3/b10-7-,11-8-,15-12-,19-16-,20-17-,21-18-,27-24-,28-25-,29-26-,33-30-,37-34-,38-35-,39-36-,46-43-,47-44-,55-52-,56-53-. The molecule has 0 fully saturated rings. The van der Waals surface area contributed by atoms with E-state index in [0.29, 0.717) is 12.8 Å². The van der Waals surface area contributed by atoms with Crippen LogP contribution in [-0.4, -0.2) is 37.2 Å². The van der Waals surface area contributed by atoms with Crippen LogP contribution in [0, 0.1) is 0 Å². The normalized spacial score (nSPS) is 13.7. The maximum absolute atomic E-state index is 12.8. The van der Waals surface area contributed by atoms with Gasteiger partial charge in [-0.3, -0.25) is 14.4 Å². The Balaban J connectivity index is 4.73. The number of hydrogen-bond donors (Lipinski definition) is 0. The van der Waals surface area contributed by atoms with Gasteiger partial charge in [-0.1, -0.05) is 253 Å². The third-order valence-corrected chi connectivity index (χ3v) is 10.6. The van der Waals surface area contributed by atoms with Crippen molar-refractivity contribution >= 4 is 17.9 Å². The highest BCUT2D eigenvalue weighted by atomic mass is 16.6. The van der Waals surface area contributed by atoms with E-state index in [1.165, 1.54) is 6.42 Å². The van der Waals surface area contributed by atoms with Crippen molar-refractivity contribution in [1.29, 1.82) is 0 Å². The van der Waals surface area contributed by atoms with Crippen LogP contribution in [0.1, 0.15) is 181 Å². The summed E-state index contributed by atoms with van der Waals surface area (Å²) in [6.45, 7) is 6.14. The lowest BCUT2D eigenvalue weighted by Gasteiger charge is -2.18. The molecule has 6 heteroatoms. The largest absolute Gasteiger partial charge is 0.462 e. The van der Waals surface area contributed by atoms with Crippen LogP contribution >= 0.6 is 0 Å². The van der Waals surface area contributed by atoms with Gasteiger partial charge in [0, 0.05) is 19.3 Å². The summed E-state index contributed by atoms with van der Waals surface area (Å²) in [6.07, 6.45) is 92.6. The molecule has 0 radical (unpaired) electrons. The third-order valence-electron chi connectivity index (χ3n) is 10.6. The van der Waals surface area contributed by atoms with Crippen LogP contribution in [0.5, 0.6) is 0 Å². The van der Waals surface area contributed by atoms with Gasteiger partial charge >= 0.3 is 17.9 Å². The SMILES string of the molecule is CC/C=C\C/C=C\C/C=C\C/C=C\C/C=C\C/C=C\CCC(=O)OCC(COC(=O)CCCCCCC\C=C/C=C\C=C/C=C\C=C/CCC)OC(=O)CC/C=C\C/C=C\C/C=C\C/C=C\C/C=C\C/C=C\CC. The van der Waals surface area contributed by atoms with Crippen LogP contribution in [0.15, 0.2) is 207 Å². The van der Waals surface area contributed by atoms with E-state index in [4.69, 9.17) is 14.2 Å². The molecule has 0 spiro atoms. The maximum atomic E-state index is 12.8. The Morgan fingerprint density at radius 2 is 0.608 bits per heavy atom. The van der Waals surface area contributed by atoms with Crippen LogP contribution < -0.4 is 0 Å². The summed E-state index contributed by atoms with van der Waals surface area (Å²) < 4.78 is 16.7. The molecular formula is C68H98O6. The molecule has 1 unspecified atom stereocenters. The molecule has 406 valence electrons. The molecule has 0 saturated heterocycles. The van der Waals surface area contributed by atoms with Gasteiger partial charge in [0.1, 0.15) is 13.2 Å². The molecule has 0 bridgehead atoms. The van der Waals surface area contributed by atoms with Crippen molar-refractivity contribution in [3.63, 3.8) is 0 Å². The molecule has 0 saturated carbocycles. The lowest BCUT2D eigenvalue weighted by atomic mass is 10.1. The molecule has 0 aromatic rings. The molecule has 0 heterocycles. The molecule has 0 aliphatic carbocycles. The summed E-state index contributed by atoms with van der Waals surface area (Å²) in [5, 5.41) is 0. The van der Waals surface area contributed by atoms with Gasteiger partial charge in [-0.25, -0.2) is 0 Å². The highest BCUT2D eigenvalue weighted by molar-refractivity contribution is 5.71. The minimum absolute atomic E-state index is 0.158. The van der Waals surface area contributed by atoms with Crippen LogP contribution in [-0.2, 0) is 28.6 Å². The predicted molar refractivity (Wildman–Crippen MR) is 320 cm³/mol. The van der Waals surface area contributed by atoms with E-state index < -0.39 is 18.0 Å². The van der Waals surface area contributed by atoms with Gasteiger partial charge in [-0.15, -0.1) is 0 Å². The molecule has 0 N–H and O–H groups in total. The molecule has 6 nitrogen and oxygen atoms in total. The fourth-order valence-corrected chi connectivity index (χ4v) is 6.52. The summed E-state index contributed by atoms with van der Waals surface area (Å²) in [4.78, 5) is 38.1. The molecule has 0 aromatic heterocycles. The second-order valence-corrected chi connectivity index (χ2v) is 17.5. The first kappa shape index (κ1) is 68.0. The van der Waals surface area contributed by atoms with E-state index >= 15 is 0 Å². The van der Waals surface area contributed by atoms with E-state index in [0.717, 1.165) is 122 Å². The van der Waals surface area contributed by atoms with E-state index in [-0.39, 0.29) is 38.4 Å². The van der Waals surface area contributed by atoms with Crippen molar-refractivity contribution < 1.29 is 28.6 Å². The summed E-state index contributed by atoms with van der Waals surface area (Å²) in [6, 6.07) is 0. The van der Waals surface area contributed by atoms with Gasteiger partial charge in [0.05, 0.1) is 0 Å². The number of ether oxygens (including phenoxy) is 3. The van der Waals surface area contributed by atoms with Crippen molar-refractivity contribution in [3.05, 3.63) is 207 Å². The topological polar surface area (TPSA) is 78.9 Å². The first-order valence-corrected chi connectivity index (χ1v) is 28.2. The highest BCUT2D eigenvalue weighted by Crippen LogP contribution is 2.10. The monoisotopic (exact) mass is 1010 g/mol. The Bertz CT molecular complexity index is 1880. The summed E-state index contributed by atoms with van der Waals surface area (Å²) in [7, 11) is 0. The molecule has 0 amide bonds. The summed E-state index contributed by atoms with van der Waals surface area (Å²) >= 11 is 0.